The monoisotopic (exact) mass is 294 g/mol. The molecule has 0 aromatic heterocycles. The molecule has 0 nitrogen and oxygen atoms in total. The van der Waals surface area contributed by atoms with Gasteiger partial charge in [0.05, 0.1) is 0 Å². The molecule has 1 fully saturated rings. The summed E-state index contributed by atoms with van der Waals surface area (Å²) >= 11 is 0. The Morgan fingerprint density at radius 3 is 2.00 bits per heavy atom. The van der Waals surface area contributed by atoms with Crippen molar-refractivity contribution in [1.82, 2.24) is 0 Å². The Bertz CT molecular complexity index is 276. The van der Waals surface area contributed by atoms with Crippen LogP contribution in [0, 0.1) is 35.0 Å². The summed E-state index contributed by atoms with van der Waals surface area (Å²) in [6.07, 6.45) is 11.4. The third-order valence-electron chi connectivity index (χ3n) is 6.56. The van der Waals surface area contributed by atoms with Gasteiger partial charge < -0.3 is 0 Å². The second-order valence-electron chi connectivity index (χ2n) is 8.56. The van der Waals surface area contributed by atoms with Crippen LogP contribution in [-0.2, 0) is 0 Å². The highest BCUT2D eigenvalue weighted by molar-refractivity contribution is 4.98. The van der Waals surface area contributed by atoms with Gasteiger partial charge in [-0.15, -0.1) is 0 Å². The van der Waals surface area contributed by atoms with E-state index in [-0.39, 0.29) is 0 Å². The molecule has 4 unspecified atom stereocenters. The summed E-state index contributed by atoms with van der Waals surface area (Å²) in [7, 11) is 0. The molecule has 0 heterocycles. The minimum absolute atomic E-state index is 0.607. The average molecular weight is 295 g/mol. The van der Waals surface area contributed by atoms with E-state index >= 15 is 0 Å². The number of unbranched alkanes of at least 4 members (excludes halogenated alkanes) is 1. The maximum Gasteiger partial charge on any atom is -0.0264 e. The molecule has 4 atom stereocenters. The highest BCUT2D eigenvalue weighted by Crippen LogP contribution is 2.57. The van der Waals surface area contributed by atoms with Gasteiger partial charge in [0.1, 0.15) is 0 Å². The molecule has 126 valence electrons. The van der Waals surface area contributed by atoms with Crippen LogP contribution >= 0.6 is 0 Å². The first-order valence-electron chi connectivity index (χ1n) is 9.90. The fourth-order valence-electron chi connectivity index (χ4n) is 4.94. The van der Waals surface area contributed by atoms with Gasteiger partial charge in [-0.25, -0.2) is 0 Å². The van der Waals surface area contributed by atoms with Gasteiger partial charge in [0.15, 0.2) is 0 Å². The topological polar surface area (TPSA) is 0 Å². The molecule has 0 aliphatic heterocycles. The molecule has 0 spiro atoms. The van der Waals surface area contributed by atoms with Crippen molar-refractivity contribution >= 4 is 0 Å². The van der Waals surface area contributed by atoms with E-state index in [0.29, 0.717) is 5.41 Å². The van der Waals surface area contributed by atoms with Crippen LogP contribution in [0.15, 0.2) is 0 Å². The van der Waals surface area contributed by atoms with Crippen LogP contribution in [0.5, 0.6) is 0 Å². The lowest BCUT2D eigenvalue weighted by Crippen LogP contribution is -2.38. The van der Waals surface area contributed by atoms with Crippen molar-refractivity contribution in [2.45, 2.75) is 99.8 Å². The predicted molar refractivity (Wildman–Crippen MR) is 96.5 cm³/mol. The summed E-state index contributed by atoms with van der Waals surface area (Å²) in [5, 5.41) is 0. The van der Waals surface area contributed by atoms with E-state index < -0.39 is 0 Å². The zero-order valence-electron chi connectivity index (χ0n) is 16.0. The van der Waals surface area contributed by atoms with Gasteiger partial charge in [0.25, 0.3) is 0 Å². The van der Waals surface area contributed by atoms with Gasteiger partial charge in [0.2, 0.25) is 0 Å². The number of hydrogen-bond donors (Lipinski definition) is 0. The number of hydrogen-bond acceptors (Lipinski definition) is 0. The molecule has 1 rings (SSSR count). The molecule has 1 aliphatic carbocycles. The minimum atomic E-state index is 0.607. The highest BCUT2D eigenvalue weighted by Gasteiger charge is 2.48. The van der Waals surface area contributed by atoms with Crippen molar-refractivity contribution in [3.8, 4) is 0 Å². The Morgan fingerprint density at radius 2 is 1.62 bits per heavy atom. The zero-order chi connectivity index (χ0) is 16.0. The van der Waals surface area contributed by atoms with E-state index in [2.05, 4.69) is 48.5 Å². The lowest BCUT2D eigenvalue weighted by Gasteiger charge is -2.46. The third-order valence-corrected chi connectivity index (χ3v) is 6.56. The van der Waals surface area contributed by atoms with Crippen molar-refractivity contribution in [3.63, 3.8) is 0 Å². The smallest absolute Gasteiger partial charge is 0.0264 e. The molecular weight excluding hydrogens is 252 g/mol. The second-order valence-corrected chi connectivity index (χ2v) is 8.56. The van der Waals surface area contributed by atoms with Crippen molar-refractivity contribution < 1.29 is 0 Å². The average Bonchev–Trinajstić information content (AvgIpc) is 3.27. The highest BCUT2D eigenvalue weighted by atomic mass is 14.5. The molecule has 1 saturated carbocycles. The Labute approximate surface area is 135 Å². The molecule has 0 heteroatoms. The van der Waals surface area contributed by atoms with Gasteiger partial charge >= 0.3 is 0 Å². The molecule has 0 saturated heterocycles. The van der Waals surface area contributed by atoms with E-state index in [1.807, 2.05) is 0 Å². The van der Waals surface area contributed by atoms with Crippen molar-refractivity contribution in [2.75, 3.05) is 0 Å². The van der Waals surface area contributed by atoms with Crippen molar-refractivity contribution in [2.24, 2.45) is 35.0 Å². The Balaban J connectivity index is 2.98. The van der Waals surface area contributed by atoms with Crippen LogP contribution in [0.25, 0.3) is 0 Å². The van der Waals surface area contributed by atoms with Gasteiger partial charge in [-0.3, -0.25) is 0 Å². The van der Waals surface area contributed by atoms with Crippen molar-refractivity contribution in [3.05, 3.63) is 0 Å². The van der Waals surface area contributed by atoms with Crippen LogP contribution in [0.2, 0.25) is 0 Å². The lowest BCUT2D eigenvalue weighted by molar-refractivity contribution is 0.0335. The Hall–Kier alpha value is 0. The predicted octanol–water partition coefficient (Wildman–Crippen LogP) is 7.33. The Kier molecular flexibility index (Phi) is 7.79. The first kappa shape index (κ1) is 19.0. The van der Waals surface area contributed by atoms with E-state index in [4.69, 9.17) is 0 Å². The second kappa shape index (κ2) is 8.59. The van der Waals surface area contributed by atoms with Crippen LogP contribution in [0.3, 0.4) is 0 Å². The van der Waals surface area contributed by atoms with E-state index in [1.165, 1.54) is 51.4 Å². The van der Waals surface area contributed by atoms with Crippen LogP contribution < -0.4 is 0 Å². The van der Waals surface area contributed by atoms with E-state index in [9.17, 15) is 0 Å². The summed E-state index contributed by atoms with van der Waals surface area (Å²) in [6, 6.07) is 0. The summed E-state index contributed by atoms with van der Waals surface area (Å²) < 4.78 is 0. The fourth-order valence-corrected chi connectivity index (χ4v) is 4.94. The molecule has 0 aromatic rings. The van der Waals surface area contributed by atoms with Crippen LogP contribution in [0.1, 0.15) is 99.8 Å². The first-order chi connectivity index (χ1) is 9.90. The molecule has 0 amide bonds. The van der Waals surface area contributed by atoms with Gasteiger partial charge in [0, 0.05) is 0 Å². The SMILES string of the molecule is CCCCC(C(CC)C(C)C)C(C)(CC(C)CC)C1CC1. The zero-order valence-corrected chi connectivity index (χ0v) is 16.0. The number of rotatable bonds is 11. The normalized spacial score (nSPS) is 22.9. The summed E-state index contributed by atoms with van der Waals surface area (Å²) in [4.78, 5) is 0. The minimum Gasteiger partial charge on any atom is -0.0654 e. The largest absolute Gasteiger partial charge is 0.0654 e. The summed E-state index contributed by atoms with van der Waals surface area (Å²) in [5.41, 5.74) is 0.607. The van der Waals surface area contributed by atoms with E-state index in [0.717, 1.165) is 29.6 Å². The third kappa shape index (κ3) is 5.00. The summed E-state index contributed by atoms with van der Waals surface area (Å²) in [5.74, 6) is 4.63. The molecular formula is C21H42. The van der Waals surface area contributed by atoms with Crippen molar-refractivity contribution in [1.29, 1.82) is 0 Å². The lowest BCUT2D eigenvalue weighted by atomic mass is 9.59. The molecule has 0 N–H and O–H groups in total. The fraction of sp³-hybridized carbons (Fsp3) is 1.00. The quantitative estimate of drug-likeness (QED) is 0.374. The molecule has 0 bridgehead atoms. The maximum absolute atomic E-state index is 2.67. The van der Waals surface area contributed by atoms with Crippen LogP contribution in [0.4, 0.5) is 0 Å². The summed E-state index contributed by atoms with van der Waals surface area (Å²) in [6.45, 7) is 17.2. The maximum atomic E-state index is 2.67. The van der Waals surface area contributed by atoms with Crippen LogP contribution in [-0.4, -0.2) is 0 Å². The van der Waals surface area contributed by atoms with E-state index in [1.54, 1.807) is 0 Å². The van der Waals surface area contributed by atoms with Gasteiger partial charge in [-0.2, -0.15) is 0 Å². The standard InChI is InChI=1S/C21H42/c1-8-11-12-20(19(10-3)16(4)5)21(7,18-13-14-18)15-17(6)9-2/h16-20H,8-15H2,1-7H3. The molecule has 0 aromatic carbocycles. The molecule has 21 heavy (non-hydrogen) atoms. The first-order valence-corrected chi connectivity index (χ1v) is 9.90. The molecule has 1 aliphatic rings. The van der Waals surface area contributed by atoms with Gasteiger partial charge in [-0.05, 0) is 60.7 Å². The van der Waals surface area contributed by atoms with Gasteiger partial charge in [-0.1, -0.05) is 74.1 Å². The Morgan fingerprint density at radius 1 is 1.00 bits per heavy atom. The molecule has 0 radical (unpaired) electrons.